The summed E-state index contributed by atoms with van der Waals surface area (Å²) in [5.74, 6) is -0.0354. The molecule has 132 valence electrons. The van der Waals surface area contributed by atoms with Crippen molar-refractivity contribution in [1.82, 2.24) is 9.97 Å². The van der Waals surface area contributed by atoms with Crippen LogP contribution >= 0.6 is 0 Å². The Bertz CT molecular complexity index is 1180. The van der Waals surface area contributed by atoms with Gasteiger partial charge in [-0.2, -0.15) is 0 Å². The molecule has 27 heavy (non-hydrogen) atoms. The number of esters is 1. The maximum absolute atomic E-state index is 12.3. The van der Waals surface area contributed by atoms with E-state index >= 15 is 0 Å². The highest BCUT2D eigenvalue weighted by atomic mass is 16.5. The molecule has 0 aliphatic carbocycles. The molecular weight excluding hydrogens is 344 g/mol. The van der Waals surface area contributed by atoms with E-state index in [4.69, 9.17) is 4.74 Å². The second-order valence-corrected chi connectivity index (χ2v) is 5.93. The van der Waals surface area contributed by atoms with Gasteiger partial charge in [-0.05, 0) is 54.1 Å². The van der Waals surface area contributed by atoms with Crippen LogP contribution in [0.25, 0.3) is 22.2 Å². The number of benzene rings is 2. The van der Waals surface area contributed by atoms with Gasteiger partial charge in [-0.1, -0.05) is 0 Å². The van der Waals surface area contributed by atoms with Crippen molar-refractivity contribution in [3.63, 3.8) is 0 Å². The van der Waals surface area contributed by atoms with E-state index in [1.54, 1.807) is 48.7 Å². The van der Waals surface area contributed by atoms with Crippen molar-refractivity contribution in [3.8, 4) is 22.8 Å². The Morgan fingerprint density at radius 3 is 2.59 bits per heavy atom. The molecule has 0 saturated carbocycles. The molecule has 0 bridgehead atoms. The molecule has 6 nitrogen and oxygen atoms in total. The van der Waals surface area contributed by atoms with Gasteiger partial charge in [0.1, 0.15) is 11.5 Å². The highest BCUT2D eigenvalue weighted by Gasteiger charge is 2.09. The van der Waals surface area contributed by atoms with Gasteiger partial charge in [-0.15, -0.1) is 0 Å². The molecule has 0 amide bonds. The summed E-state index contributed by atoms with van der Waals surface area (Å²) in [6, 6.07) is 16.1. The number of carbonyl (C=O) groups excluding carboxylic acids is 1. The Morgan fingerprint density at radius 1 is 1.04 bits per heavy atom. The lowest BCUT2D eigenvalue weighted by molar-refractivity contribution is 0.0734. The molecule has 0 saturated heterocycles. The van der Waals surface area contributed by atoms with E-state index in [0.29, 0.717) is 27.9 Å². The molecule has 0 fully saturated rings. The average Bonchev–Trinajstić information content (AvgIpc) is 2.69. The van der Waals surface area contributed by atoms with Crippen LogP contribution in [0.5, 0.6) is 11.5 Å². The van der Waals surface area contributed by atoms with Crippen LogP contribution in [0.3, 0.4) is 0 Å². The quantitative estimate of drug-likeness (QED) is 0.432. The van der Waals surface area contributed by atoms with E-state index in [2.05, 4.69) is 9.97 Å². The molecule has 0 spiro atoms. The summed E-state index contributed by atoms with van der Waals surface area (Å²) in [6.07, 6.45) is 3.02. The average molecular weight is 358 g/mol. The van der Waals surface area contributed by atoms with Crippen LogP contribution in [0.15, 0.2) is 77.9 Å². The summed E-state index contributed by atoms with van der Waals surface area (Å²) in [5, 5.41) is 10.1. The summed E-state index contributed by atoms with van der Waals surface area (Å²) >= 11 is 0. The van der Waals surface area contributed by atoms with Crippen LogP contribution in [0.4, 0.5) is 0 Å². The van der Waals surface area contributed by atoms with Crippen LogP contribution in [0, 0.1) is 0 Å². The molecule has 6 heteroatoms. The number of pyridine rings is 2. The molecule has 2 aromatic heterocycles. The number of nitrogens with one attached hydrogen (secondary N) is 1. The van der Waals surface area contributed by atoms with Crippen LogP contribution < -0.4 is 10.2 Å². The number of hydrogen-bond acceptors (Lipinski definition) is 5. The molecule has 0 unspecified atom stereocenters. The first-order valence-corrected chi connectivity index (χ1v) is 8.19. The zero-order valence-electron chi connectivity index (χ0n) is 14.0. The zero-order chi connectivity index (χ0) is 18.8. The van der Waals surface area contributed by atoms with Crippen LogP contribution in [-0.2, 0) is 0 Å². The largest absolute Gasteiger partial charge is 0.508 e. The molecule has 2 heterocycles. The minimum absolute atomic E-state index is 0.0768. The lowest BCUT2D eigenvalue weighted by Crippen LogP contribution is -2.08. The highest BCUT2D eigenvalue weighted by Crippen LogP contribution is 2.23. The fraction of sp³-hybridized carbons (Fsp3) is 0. The number of hydrogen-bond donors (Lipinski definition) is 2. The Kier molecular flexibility index (Phi) is 4.14. The van der Waals surface area contributed by atoms with E-state index in [0.717, 1.165) is 5.56 Å². The topological polar surface area (TPSA) is 92.3 Å². The number of aromatic amines is 1. The number of fused-ring (bicyclic) bond motifs is 1. The number of rotatable bonds is 3. The third-order valence-corrected chi connectivity index (χ3v) is 4.09. The van der Waals surface area contributed by atoms with Crippen molar-refractivity contribution in [3.05, 3.63) is 88.8 Å². The number of phenolic OH excluding ortho intramolecular Hbond substituents is 1. The number of phenols is 1. The molecule has 0 atom stereocenters. The predicted octanol–water partition coefficient (Wildman–Crippen LogP) is 3.51. The van der Waals surface area contributed by atoms with Crippen LogP contribution in [-0.4, -0.2) is 21.0 Å². The van der Waals surface area contributed by atoms with Gasteiger partial charge >= 0.3 is 5.97 Å². The third-order valence-electron chi connectivity index (χ3n) is 4.09. The number of nitrogens with zero attached hydrogens (tertiary/aromatic N) is 1. The molecule has 4 aromatic rings. The van der Waals surface area contributed by atoms with Gasteiger partial charge in [0.05, 0.1) is 11.1 Å². The van der Waals surface area contributed by atoms with Gasteiger partial charge in [0.15, 0.2) is 5.43 Å². The first-order valence-electron chi connectivity index (χ1n) is 8.19. The van der Waals surface area contributed by atoms with Crippen molar-refractivity contribution in [2.45, 2.75) is 0 Å². The zero-order valence-corrected chi connectivity index (χ0v) is 14.0. The number of aromatic nitrogens is 2. The molecular formula is C21H14N2O4. The standard InChI is InChI=1S/C21H14N2O4/c24-15-5-8-17-19(10-15)23-18(11-20(17)25)13-3-6-16(7-4-13)27-21(26)14-2-1-9-22-12-14/h1-12,24H,(H,23,25). The van der Waals surface area contributed by atoms with E-state index in [1.165, 1.54) is 24.4 Å². The van der Waals surface area contributed by atoms with E-state index in [1.807, 2.05) is 0 Å². The van der Waals surface area contributed by atoms with Crippen molar-refractivity contribution in [2.24, 2.45) is 0 Å². The SMILES string of the molecule is O=C(Oc1ccc(-c2cc(=O)c3ccc(O)cc3[nH]2)cc1)c1cccnc1. The fourth-order valence-electron chi connectivity index (χ4n) is 2.75. The highest BCUT2D eigenvalue weighted by molar-refractivity contribution is 5.90. The van der Waals surface area contributed by atoms with Gasteiger partial charge in [-0.3, -0.25) is 9.78 Å². The lowest BCUT2D eigenvalue weighted by Gasteiger charge is -2.07. The maximum atomic E-state index is 12.3. The first-order chi connectivity index (χ1) is 13.1. The lowest BCUT2D eigenvalue weighted by atomic mass is 10.1. The molecule has 2 aromatic carbocycles. The fourth-order valence-corrected chi connectivity index (χ4v) is 2.75. The molecule has 4 rings (SSSR count). The summed E-state index contributed by atoms with van der Waals surface area (Å²) in [7, 11) is 0. The smallest absolute Gasteiger partial charge is 0.345 e. The Labute approximate surface area is 153 Å². The monoisotopic (exact) mass is 358 g/mol. The van der Waals surface area contributed by atoms with E-state index in [-0.39, 0.29) is 11.2 Å². The third kappa shape index (κ3) is 3.41. The minimum Gasteiger partial charge on any atom is -0.508 e. The second-order valence-electron chi connectivity index (χ2n) is 5.93. The van der Waals surface area contributed by atoms with Gasteiger partial charge < -0.3 is 14.8 Å². The maximum Gasteiger partial charge on any atom is 0.345 e. The molecule has 2 N–H and O–H groups in total. The number of aromatic hydroxyl groups is 1. The summed E-state index contributed by atoms with van der Waals surface area (Å²) in [6.45, 7) is 0. The minimum atomic E-state index is -0.495. The van der Waals surface area contributed by atoms with Crippen molar-refractivity contribution < 1.29 is 14.6 Å². The summed E-state index contributed by atoms with van der Waals surface area (Å²) in [4.78, 5) is 31.4. The van der Waals surface area contributed by atoms with Crippen molar-refractivity contribution >= 4 is 16.9 Å². The molecule has 0 aliphatic rings. The molecule has 0 aliphatic heterocycles. The first kappa shape index (κ1) is 16.5. The van der Waals surface area contributed by atoms with E-state index in [9.17, 15) is 14.7 Å². The summed E-state index contributed by atoms with van der Waals surface area (Å²) in [5.41, 5.74) is 2.11. The van der Waals surface area contributed by atoms with Gasteiger partial charge in [0.25, 0.3) is 0 Å². The number of H-pyrrole nitrogens is 1. The predicted molar refractivity (Wildman–Crippen MR) is 101 cm³/mol. The van der Waals surface area contributed by atoms with Crippen molar-refractivity contribution in [1.29, 1.82) is 0 Å². The van der Waals surface area contributed by atoms with Gasteiger partial charge in [0, 0.05) is 35.6 Å². The van der Waals surface area contributed by atoms with Crippen molar-refractivity contribution in [2.75, 3.05) is 0 Å². The van der Waals surface area contributed by atoms with Gasteiger partial charge in [0.2, 0.25) is 0 Å². The van der Waals surface area contributed by atoms with Crippen LogP contribution in [0.2, 0.25) is 0 Å². The molecule has 0 radical (unpaired) electrons. The normalized spacial score (nSPS) is 10.7. The second kappa shape index (κ2) is 6.76. The van der Waals surface area contributed by atoms with E-state index < -0.39 is 5.97 Å². The Balaban J connectivity index is 1.62. The Hall–Kier alpha value is -3.93. The Morgan fingerprint density at radius 2 is 1.85 bits per heavy atom. The number of ether oxygens (including phenoxy) is 1. The summed E-state index contributed by atoms with van der Waals surface area (Å²) < 4.78 is 5.32. The number of carbonyl (C=O) groups is 1. The van der Waals surface area contributed by atoms with Gasteiger partial charge in [-0.25, -0.2) is 4.79 Å². The van der Waals surface area contributed by atoms with Crippen LogP contribution in [0.1, 0.15) is 10.4 Å².